The number of nitrogens with zero attached hydrogens (tertiary/aromatic N) is 1. The van der Waals surface area contributed by atoms with E-state index in [9.17, 15) is 14.7 Å². The maximum atomic E-state index is 11.2. The highest BCUT2D eigenvalue weighted by molar-refractivity contribution is 5.87. The zero-order chi connectivity index (χ0) is 13.7. The Morgan fingerprint density at radius 2 is 2.06 bits per heavy atom. The molecular weight excluding hydrogens is 238 g/mol. The molecule has 1 N–H and O–H groups in total. The smallest absolute Gasteiger partial charge is 0.356 e. The molecule has 1 aromatic heterocycles. The molecular formula is C12H15NO5. The Kier molecular flexibility index (Phi) is 4.79. The lowest BCUT2D eigenvalue weighted by Crippen LogP contribution is -2.20. The first-order valence-corrected chi connectivity index (χ1v) is 5.35. The van der Waals surface area contributed by atoms with Crippen LogP contribution in [0, 0.1) is 0 Å². The van der Waals surface area contributed by atoms with Crippen molar-refractivity contribution < 1.29 is 24.2 Å². The van der Waals surface area contributed by atoms with E-state index < -0.39 is 24.1 Å². The molecule has 0 aromatic carbocycles. The number of methoxy groups -OCH3 is 1. The van der Waals surface area contributed by atoms with Crippen LogP contribution < -0.4 is 0 Å². The quantitative estimate of drug-likeness (QED) is 0.801. The van der Waals surface area contributed by atoms with E-state index in [-0.39, 0.29) is 5.69 Å². The number of aliphatic hydroxyl groups is 1. The Morgan fingerprint density at radius 3 is 2.44 bits per heavy atom. The Hall–Kier alpha value is -1.95. The first-order valence-electron chi connectivity index (χ1n) is 5.35. The first kappa shape index (κ1) is 14.1. The van der Waals surface area contributed by atoms with Gasteiger partial charge < -0.3 is 14.6 Å². The van der Waals surface area contributed by atoms with Crippen molar-refractivity contribution in [3.05, 3.63) is 29.6 Å². The average molecular weight is 253 g/mol. The van der Waals surface area contributed by atoms with Gasteiger partial charge in [0, 0.05) is 18.7 Å². The molecule has 2 atom stereocenters. The molecule has 0 spiro atoms. The van der Waals surface area contributed by atoms with Gasteiger partial charge in [-0.1, -0.05) is 6.07 Å². The Balaban J connectivity index is 2.93. The van der Waals surface area contributed by atoms with Gasteiger partial charge in [0.25, 0.3) is 0 Å². The molecule has 0 aliphatic heterocycles. The van der Waals surface area contributed by atoms with Crippen LogP contribution in [0.15, 0.2) is 18.3 Å². The van der Waals surface area contributed by atoms with Gasteiger partial charge in [-0.15, -0.1) is 0 Å². The zero-order valence-corrected chi connectivity index (χ0v) is 10.4. The summed E-state index contributed by atoms with van der Waals surface area (Å²) < 4.78 is 9.49. The van der Waals surface area contributed by atoms with Crippen LogP contribution in [0.25, 0.3) is 0 Å². The van der Waals surface area contributed by atoms with Gasteiger partial charge in [0.1, 0.15) is 5.69 Å². The second-order valence-corrected chi connectivity index (χ2v) is 3.74. The molecule has 2 unspecified atom stereocenters. The third kappa shape index (κ3) is 3.53. The van der Waals surface area contributed by atoms with Crippen LogP contribution in [-0.4, -0.2) is 35.2 Å². The third-order valence-corrected chi connectivity index (χ3v) is 2.24. The lowest BCUT2D eigenvalue weighted by atomic mass is 10.1. The SMILES string of the molecule is COC(=O)c1ccc(C(OC(C)=O)C(C)O)cn1. The molecule has 98 valence electrons. The number of pyridine rings is 1. The number of carbonyl (C=O) groups excluding carboxylic acids is 2. The van der Waals surface area contributed by atoms with E-state index >= 15 is 0 Å². The second-order valence-electron chi connectivity index (χ2n) is 3.74. The predicted octanol–water partition coefficient (Wildman–Crippen LogP) is 0.853. The number of rotatable bonds is 4. The van der Waals surface area contributed by atoms with Crippen molar-refractivity contribution in [1.29, 1.82) is 0 Å². The molecule has 6 heteroatoms. The Morgan fingerprint density at radius 1 is 1.39 bits per heavy atom. The van der Waals surface area contributed by atoms with Gasteiger partial charge in [-0.3, -0.25) is 4.79 Å². The van der Waals surface area contributed by atoms with E-state index in [1.54, 1.807) is 6.07 Å². The molecule has 0 bridgehead atoms. The maximum absolute atomic E-state index is 11.2. The minimum Gasteiger partial charge on any atom is -0.464 e. The molecule has 0 aliphatic carbocycles. The molecule has 0 amide bonds. The molecule has 0 saturated heterocycles. The van der Waals surface area contributed by atoms with Gasteiger partial charge in [-0.05, 0) is 13.0 Å². The highest BCUT2D eigenvalue weighted by atomic mass is 16.6. The normalized spacial score (nSPS) is 13.6. The lowest BCUT2D eigenvalue weighted by Gasteiger charge is -2.19. The molecule has 0 aliphatic rings. The number of aromatic nitrogens is 1. The van der Waals surface area contributed by atoms with Gasteiger partial charge in [-0.25, -0.2) is 9.78 Å². The van der Waals surface area contributed by atoms with Gasteiger partial charge in [0.2, 0.25) is 0 Å². The van der Waals surface area contributed by atoms with Gasteiger partial charge in [0.15, 0.2) is 6.10 Å². The van der Waals surface area contributed by atoms with Crippen LogP contribution in [0.3, 0.4) is 0 Å². The summed E-state index contributed by atoms with van der Waals surface area (Å²) in [4.78, 5) is 26.0. The molecule has 0 radical (unpaired) electrons. The van der Waals surface area contributed by atoms with Gasteiger partial charge in [0.05, 0.1) is 13.2 Å². The summed E-state index contributed by atoms with van der Waals surface area (Å²) in [5.74, 6) is -1.06. The Labute approximate surface area is 105 Å². The largest absolute Gasteiger partial charge is 0.464 e. The fraction of sp³-hybridized carbons (Fsp3) is 0.417. The minimum atomic E-state index is -0.875. The van der Waals surface area contributed by atoms with Crippen molar-refractivity contribution >= 4 is 11.9 Å². The molecule has 1 rings (SSSR count). The summed E-state index contributed by atoms with van der Waals surface area (Å²) in [6.45, 7) is 2.76. The molecule has 18 heavy (non-hydrogen) atoms. The number of hydrogen-bond donors (Lipinski definition) is 1. The van der Waals surface area contributed by atoms with E-state index in [2.05, 4.69) is 9.72 Å². The fourth-order valence-corrected chi connectivity index (χ4v) is 1.42. The van der Waals surface area contributed by atoms with Crippen molar-refractivity contribution in [2.24, 2.45) is 0 Å². The number of esters is 2. The molecule has 0 saturated carbocycles. The van der Waals surface area contributed by atoms with Crippen molar-refractivity contribution in [1.82, 2.24) is 4.98 Å². The second kappa shape index (κ2) is 6.11. The molecule has 6 nitrogen and oxygen atoms in total. The molecule has 0 fully saturated rings. The van der Waals surface area contributed by atoms with E-state index in [0.717, 1.165) is 0 Å². The monoisotopic (exact) mass is 253 g/mol. The Bertz CT molecular complexity index is 427. The molecule has 1 heterocycles. The van der Waals surface area contributed by atoms with Crippen molar-refractivity contribution in [2.75, 3.05) is 7.11 Å². The summed E-state index contributed by atoms with van der Waals surface area (Å²) in [5, 5.41) is 9.54. The van der Waals surface area contributed by atoms with E-state index in [1.807, 2.05) is 0 Å². The summed E-state index contributed by atoms with van der Waals surface area (Å²) in [6, 6.07) is 3.00. The summed E-state index contributed by atoms with van der Waals surface area (Å²) in [5.41, 5.74) is 0.654. The van der Waals surface area contributed by atoms with Crippen LogP contribution in [-0.2, 0) is 14.3 Å². The third-order valence-electron chi connectivity index (χ3n) is 2.24. The number of aliphatic hydroxyl groups excluding tert-OH is 1. The fourth-order valence-electron chi connectivity index (χ4n) is 1.42. The van der Waals surface area contributed by atoms with Gasteiger partial charge >= 0.3 is 11.9 Å². The minimum absolute atomic E-state index is 0.147. The van der Waals surface area contributed by atoms with Crippen LogP contribution in [0.4, 0.5) is 0 Å². The first-order chi connectivity index (χ1) is 8.45. The van der Waals surface area contributed by atoms with E-state index in [0.29, 0.717) is 5.56 Å². The highest BCUT2D eigenvalue weighted by Crippen LogP contribution is 2.21. The average Bonchev–Trinajstić information content (AvgIpc) is 2.34. The lowest BCUT2D eigenvalue weighted by molar-refractivity contribution is -0.152. The maximum Gasteiger partial charge on any atom is 0.356 e. The van der Waals surface area contributed by atoms with Crippen LogP contribution in [0.5, 0.6) is 0 Å². The summed E-state index contributed by atoms with van der Waals surface area (Å²) >= 11 is 0. The van der Waals surface area contributed by atoms with E-state index in [1.165, 1.54) is 33.2 Å². The standard InChI is InChI=1S/C12H15NO5/c1-7(14)11(18-8(2)15)9-4-5-10(13-6-9)12(16)17-3/h4-7,11,14H,1-3H3. The van der Waals surface area contributed by atoms with Crippen LogP contribution >= 0.6 is 0 Å². The number of carbonyl (C=O) groups is 2. The molecule has 1 aromatic rings. The van der Waals surface area contributed by atoms with Crippen molar-refractivity contribution in [3.8, 4) is 0 Å². The van der Waals surface area contributed by atoms with Crippen molar-refractivity contribution in [3.63, 3.8) is 0 Å². The zero-order valence-electron chi connectivity index (χ0n) is 10.4. The van der Waals surface area contributed by atoms with Crippen LogP contribution in [0.2, 0.25) is 0 Å². The number of ether oxygens (including phenoxy) is 2. The summed E-state index contributed by atoms with van der Waals surface area (Å²) in [7, 11) is 1.26. The van der Waals surface area contributed by atoms with Gasteiger partial charge in [-0.2, -0.15) is 0 Å². The highest BCUT2D eigenvalue weighted by Gasteiger charge is 2.21. The predicted molar refractivity (Wildman–Crippen MR) is 61.8 cm³/mol. The summed E-state index contributed by atoms with van der Waals surface area (Å²) in [6.07, 6.45) is -0.312. The van der Waals surface area contributed by atoms with Crippen molar-refractivity contribution in [2.45, 2.75) is 26.1 Å². The van der Waals surface area contributed by atoms with Crippen LogP contribution in [0.1, 0.15) is 36.0 Å². The topological polar surface area (TPSA) is 85.7 Å². The number of hydrogen-bond acceptors (Lipinski definition) is 6. The van der Waals surface area contributed by atoms with E-state index in [4.69, 9.17) is 4.74 Å².